The van der Waals surface area contributed by atoms with E-state index in [1.165, 1.54) is 6.39 Å². The zero-order valence-electron chi connectivity index (χ0n) is 11.1. The lowest BCUT2D eigenvalue weighted by Crippen LogP contribution is -2.31. The first-order chi connectivity index (χ1) is 9.66. The predicted molar refractivity (Wildman–Crippen MR) is 70.7 cm³/mol. The topological polar surface area (TPSA) is 98.1 Å². The average molecular weight is 273 g/mol. The molecule has 7 heteroatoms. The molecule has 0 bridgehead atoms. The second-order valence-corrected chi connectivity index (χ2v) is 4.80. The number of nitrogen functional groups attached to an aromatic ring is 1. The third-order valence-corrected chi connectivity index (χ3v) is 3.51. The molecule has 0 aliphatic carbocycles. The van der Waals surface area contributed by atoms with Crippen LogP contribution >= 0.6 is 0 Å². The van der Waals surface area contributed by atoms with Crippen molar-refractivity contribution in [2.24, 2.45) is 0 Å². The highest BCUT2D eigenvalue weighted by molar-refractivity contribution is 5.93. The fourth-order valence-corrected chi connectivity index (χ4v) is 2.49. The lowest BCUT2D eigenvalue weighted by molar-refractivity contribution is 0.0725. The van der Waals surface area contributed by atoms with Crippen molar-refractivity contribution in [1.29, 1.82) is 0 Å². The number of amides is 1. The number of nitrogens with zero attached hydrogens (tertiary/aromatic N) is 4. The highest BCUT2D eigenvalue weighted by Crippen LogP contribution is 2.32. The maximum absolute atomic E-state index is 12.5. The summed E-state index contributed by atoms with van der Waals surface area (Å²) in [6, 6.07) is 3.44. The van der Waals surface area contributed by atoms with Crippen LogP contribution in [0.2, 0.25) is 0 Å². The Labute approximate surface area is 115 Å². The SMILES string of the molecule is Cc1ocnc1C(=O)N1CCCC1c1ccc(N)nn1. The molecule has 2 N–H and O–H groups in total. The van der Waals surface area contributed by atoms with Crippen molar-refractivity contribution in [1.82, 2.24) is 20.1 Å². The largest absolute Gasteiger partial charge is 0.448 e. The smallest absolute Gasteiger partial charge is 0.276 e. The summed E-state index contributed by atoms with van der Waals surface area (Å²) in [5.74, 6) is 0.776. The van der Waals surface area contributed by atoms with Crippen LogP contribution in [0, 0.1) is 6.92 Å². The molecule has 1 amide bonds. The summed E-state index contributed by atoms with van der Waals surface area (Å²) >= 11 is 0. The molecule has 0 aromatic carbocycles. The van der Waals surface area contributed by atoms with Gasteiger partial charge in [-0.05, 0) is 31.9 Å². The van der Waals surface area contributed by atoms with E-state index < -0.39 is 0 Å². The quantitative estimate of drug-likeness (QED) is 0.886. The average Bonchev–Trinajstić information content (AvgIpc) is 3.07. The fraction of sp³-hybridized carbons (Fsp3) is 0.385. The first-order valence-corrected chi connectivity index (χ1v) is 6.47. The van der Waals surface area contributed by atoms with Crippen LogP contribution in [0.25, 0.3) is 0 Å². The molecule has 0 saturated carbocycles. The van der Waals surface area contributed by atoms with Crippen molar-refractivity contribution in [3.8, 4) is 0 Å². The van der Waals surface area contributed by atoms with Gasteiger partial charge in [-0.25, -0.2) is 4.98 Å². The van der Waals surface area contributed by atoms with E-state index in [1.54, 1.807) is 17.9 Å². The minimum Gasteiger partial charge on any atom is -0.448 e. The van der Waals surface area contributed by atoms with Gasteiger partial charge in [-0.15, -0.1) is 5.10 Å². The number of aryl methyl sites for hydroxylation is 1. The molecule has 1 saturated heterocycles. The Morgan fingerprint density at radius 3 is 2.95 bits per heavy atom. The minimum atomic E-state index is -0.127. The van der Waals surface area contributed by atoms with Crippen LogP contribution < -0.4 is 5.73 Å². The van der Waals surface area contributed by atoms with E-state index in [0.717, 1.165) is 18.5 Å². The number of nitrogens with two attached hydrogens (primary N) is 1. The summed E-state index contributed by atoms with van der Waals surface area (Å²) < 4.78 is 5.10. The van der Waals surface area contributed by atoms with Gasteiger partial charge in [-0.3, -0.25) is 4.79 Å². The highest BCUT2D eigenvalue weighted by atomic mass is 16.3. The molecule has 20 heavy (non-hydrogen) atoms. The molecule has 0 spiro atoms. The number of aromatic nitrogens is 3. The van der Waals surface area contributed by atoms with Crippen LogP contribution in [0.5, 0.6) is 0 Å². The summed E-state index contributed by atoms with van der Waals surface area (Å²) in [6.07, 6.45) is 3.08. The van der Waals surface area contributed by atoms with Crippen molar-refractivity contribution < 1.29 is 9.21 Å². The Bertz CT molecular complexity index is 622. The van der Waals surface area contributed by atoms with Gasteiger partial charge in [0.05, 0.1) is 11.7 Å². The van der Waals surface area contributed by atoms with E-state index in [1.807, 2.05) is 6.07 Å². The van der Waals surface area contributed by atoms with Crippen LogP contribution in [-0.2, 0) is 0 Å². The predicted octanol–water partition coefficient (Wildman–Crippen LogP) is 1.33. The third-order valence-electron chi connectivity index (χ3n) is 3.51. The Morgan fingerprint density at radius 2 is 2.30 bits per heavy atom. The zero-order chi connectivity index (χ0) is 14.1. The van der Waals surface area contributed by atoms with Gasteiger partial charge >= 0.3 is 0 Å². The van der Waals surface area contributed by atoms with E-state index in [4.69, 9.17) is 10.2 Å². The van der Waals surface area contributed by atoms with Gasteiger partial charge in [0.25, 0.3) is 5.91 Å². The van der Waals surface area contributed by atoms with Gasteiger partial charge in [-0.1, -0.05) is 0 Å². The molecule has 1 unspecified atom stereocenters. The minimum absolute atomic E-state index is 0.0771. The van der Waals surface area contributed by atoms with Gasteiger partial charge in [0.2, 0.25) is 0 Å². The lowest BCUT2D eigenvalue weighted by atomic mass is 10.1. The monoisotopic (exact) mass is 273 g/mol. The van der Waals surface area contributed by atoms with Gasteiger partial charge in [-0.2, -0.15) is 5.10 Å². The van der Waals surface area contributed by atoms with Crippen LogP contribution in [-0.4, -0.2) is 32.5 Å². The molecule has 0 radical (unpaired) electrons. The van der Waals surface area contributed by atoms with Gasteiger partial charge in [0.1, 0.15) is 11.6 Å². The van der Waals surface area contributed by atoms with Gasteiger partial charge in [0, 0.05) is 6.54 Å². The molecule has 2 aromatic heterocycles. The second-order valence-electron chi connectivity index (χ2n) is 4.80. The van der Waals surface area contributed by atoms with E-state index >= 15 is 0 Å². The van der Waals surface area contributed by atoms with Crippen LogP contribution in [0.15, 0.2) is 22.9 Å². The number of hydrogen-bond acceptors (Lipinski definition) is 6. The number of anilines is 1. The van der Waals surface area contributed by atoms with Gasteiger partial charge < -0.3 is 15.1 Å². The first kappa shape index (κ1) is 12.6. The molecule has 104 valence electrons. The molecular weight excluding hydrogens is 258 g/mol. The van der Waals surface area contributed by atoms with Crippen molar-refractivity contribution in [3.63, 3.8) is 0 Å². The molecule has 3 heterocycles. The number of likely N-dealkylation sites (tertiary alicyclic amines) is 1. The van der Waals surface area contributed by atoms with Gasteiger partial charge in [0.15, 0.2) is 12.1 Å². The maximum atomic E-state index is 12.5. The molecule has 1 fully saturated rings. The molecule has 1 atom stereocenters. The van der Waals surface area contributed by atoms with E-state index in [-0.39, 0.29) is 11.9 Å². The Morgan fingerprint density at radius 1 is 1.45 bits per heavy atom. The van der Waals surface area contributed by atoms with Crippen molar-refractivity contribution in [2.45, 2.75) is 25.8 Å². The van der Waals surface area contributed by atoms with Crippen LogP contribution in [0.1, 0.15) is 40.8 Å². The Hall–Kier alpha value is -2.44. The standard InChI is InChI=1S/C13H15N5O2/c1-8-12(15-7-20-8)13(19)18-6-2-3-10(18)9-4-5-11(14)17-16-9/h4-5,7,10H,2-3,6H2,1H3,(H2,14,17). The summed E-state index contributed by atoms with van der Waals surface area (Å²) in [4.78, 5) is 18.3. The number of hydrogen-bond donors (Lipinski definition) is 1. The molecular formula is C13H15N5O2. The molecule has 2 aromatic rings. The summed E-state index contributed by atoms with van der Waals surface area (Å²) in [5, 5.41) is 7.94. The first-order valence-electron chi connectivity index (χ1n) is 6.47. The Balaban J connectivity index is 1.87. The number of rotatable bonds is 2. The third kappa shape index (κ3) is 2.11. The lowest BCUT2D eigenvalue weighted by Gasteiger charge is -2.23. The van der Waals surface area contributed by atoms with Crippen molar-refractivity contribution in [3.05, 3.63) is 35.7 Å². The molecule has 1 aliphatic rings. The van der Waals surface area contributed by atoms with E-state index in [9.17, 15) is 4.79 Å². The fourth-order valence-electron chi connectivity index (χ4n) is 2.49. The van der Waals surface area contributed by atoms with E-state index in [2.05, 4.69) is 15.2 Å². The van der Waals surface area contributed by atoms with E-state index in [0.29, 0.717) is 23.8 Å². The molecule has 1 aliphatic heterocycles. The number of carbonyl (C=O) groups excluding carboxylic acids is 1. The molecule has 3 rings (SSSR count). The number of oxazole rings is 1. The Kier molecular flexibility index (Phi) is 3.09. The van der Waals surface area contributed by atoms with Crippen LogP contribution in [0.4, 0.5) is 5.82 Å². The summed E-state index contributed by atoms with van der Waals surface area (Å²) in [7, 11) is 0. The summed E-state index contributed by atoms with van der Waals surface area (Å²) in [5.41, 5.74) is 6.66. The highest BCUT2D eigenvalue weighted by Gasteiger charge is 2.33. The second kappa shape index (κ2) is 4.92. The summed E-state index contributed by atoms with van der Waals surface area (Å²) in [6.45, 7) is 2.41. The molecule has 7 nitrogen and oxygen atoms in total. The normalized spacial score (nSPS) is 18.4. The van der Waals surface area contributed by atoms with Crippen molar-refractivity contribution >= 4 is 11.7 Å². The maximum Gasteiger partial charge on any atom is 0.276 e. The van der Waals surface area contributed by atoms with Crippen molar-refractivity contribution in [2.75, 3.05) is 12.3 Å². The number of carbonyl (C=O) groups is 1. The van der Waals surface area contributed by atoms with Crippen LogP contribution in [0.3, 0.4) is 0 Å². The zero-order valence-corrected chi connectivity index (χ0v) is 11.1.